The van der Waals surface area contributed by atoms with E-state index in [1.807, 2.05) is 31.0 Å². The molecule has 3 rings (SSSR count). The Bertz CT molecular complexity index is 770. The SMILES string of the molecule is CCO[C@H]1CC2C(=CO1)C1=C(C)[C@H](CCC/C=C/C(=O)OC)S[C@@H]1[C@@H](C(=O)OC)[C@H]2C. The van der Waals surface area contributed by atoms with Crippen molar-refractivity contribution in [2.24, 2.45) is 17.8 Å². The van der Waals surface area contributed by atoms with E-state index in [4.69, 9.17) is 14.2 Å². The maximum Gasteiger partial charge on any atom is 0.330 e. The van der Waals surface area contributed by atoms with Crippen LogP contribution in [0.25, 0.3) is 0 Å². The van der Waals surface area contributed by atoms with Crippen LogP contribution in [0.2, 0.25) is 0 Å². The first kappa shape index (κ1) is 23.9. The molecule has 2 heterocycles. The molecule has 1 fully saturated rings. The van der Waals surface area contributed by atoms with E-state index in [0.29, 0.717) is 11.9 Å². The van der Waals surface area contributed by atoms with Gasteiger partial charge in [-0.2, -0.15) is 0 Å². The Balaban J connectivity index is 1.80. The number of hydrogen-bond donors (Lipinski definition) is 0. The first-order valence-electron chi connectivity index (χ1n) is 11.1. The minimum atomic E-state index is -0.324. The molecular formula is C24H34O6S. The van der Waals surface area contributed by atoms with Gasteiger partial charge in [0.1, 0.15) is 0 Å². The highest BCUT2D eigenvalue weighted by atomic mass is 32.2. The number of rotatable bonds is 8. The fourth-order valence-electron chi connectivity index (χ4n) is 5.04. The van der Waals surface area contributed by atoms with Gasteiger partial charge in [0, 0.05) is 29.6 Å². The minimum Gasteiger partial charge on any atom is -0.472 e. The normalized spacial score (nSPS) is 32.2. The predicted octanol–water partition coefficient (Wildman–Crippen LogP) is 4.41. The number of carbonyl (C=O) groups is 2. The van der Waals surface area contributed by atoms with Crippen molar-refractivity contribution in [3.05, 3.63) is 35.1 Å². The second-order valence-corrected chi connectivity index (χ2v) is 9.69. The number of unbranched alkanes of at least 4 members (excludes halogenated alkanes) is 1. The Morgan fingerprint density at radius 3 is 2.74 bits per heavy atom. The van der Waals surface area contributed by atoms with Crippen molar-refractivity contribution in [1.29, 1.82) is 0 Å². The maximum atomic E-state index is 12.8. The topological polar surface area (TPSA) is 71.1 Å². The number of fused-ring (bicyclic) bond motifs is 3. The zero-order valence-electron chi connectivity index (χ0n) is 19.1. The summed E-state index contributed by atoms with van der Waals surface area (Å²) in [6.07, 6.45) is 8.49. The van der Waals surface area contributed by atoms with Gasteiger partial charge in [0.2, 0.25) is 0 Å². The third-order valence-corrected chi connectivity index (χ3v) is 8.39. The van der Waals surface area contributed by atoms with E-state index in [1.54, 1.807) is 0 Å². The largest absolute Gasteiger partial charge is 0.472 e. The quantitative estimate of drug-likeness (QED) is 0.308. The Morgan fingerprint density at radius 1 is 1.29 bits per heavy atom. The van der Waals surface area contributed by atoms with Gasteiger partial charge in [-0.3, -0.25) is 4.79 Å². The van der Waals surface area contributed by atoms with Crippen LogP contribution in [0.15, 0.2) is 35.1 Å². The zero-order chi connectivity index (χ0) is 22.5. The van der Waals surface area contributed by atoms with Crippen molar-refractivity contribution < 1.29 is 28.5 Å². The van der Waals surface area contributed by atoms with E-state index in [2.05, 4.69) is 18.6 Å². The highest BCUT2D eigenvalue weighted by Gasteiger charge is 2.52. The molecule has 2 aliphatic heterocycles. The summed E-state index contributed by atoms with van der Waals surface area (Å²) >= 11 is 1.88. The molecule has 0 saturated heterocycles. The van der Waals surface area contributed by atoms with E-state index in [1.165, 1.54) is 37.0 Å². The lowest BCUT2D eigenvalue weighted by Gasteiger charge is -2.44. The molecule has 1 saturated carbocycles. The van der Waals surface area contributed by atoms with Crippen LogP contribution >= 0.6 is 11.8 Å². The summed E-state index contributed by atoms with van der Waals surface area (Å²) in [5.74, 6) is -0.253. The van der Waals surface area contributed by atoms with E-state index in [9.17, 15) is 9.59 Å². The van der Waals surface area contributed by atoms with Gasteiger partial charge in [-0.1, -0.05) is 18.6 Å². The molecule has 31 heavy (non-hydrogen) atoms. The summed E-state index contributed by atoms with van der Waals surface area (Å²) in [6, 6.07) is 0. The van der Waals surface area contributed by atoms with Crippen LogP contribution in [0.4, 0.5) is 0 Å². The zero-order valence-corrected chi connectivity index (χ0v) is 19.9. The molecule has 0 bridgehead atoms. The molecule has 0 radical (unpaired) electrons. The van der Waals surface area contributed by atoms with Gasteiger partial charge in [-0.05, 0) is 56.1 Å². The second-order valence-electron chi connectivity index (χ2n) is 8.34. The van der Waals surface area contributed by atoms with Crippen LogP contribution in [-0.4, -0.2) is 49.6 Å². The number of hydrogen-bond acceptors (Lipinski definition) is 7. The first-order chi connectivity index (χ1) is 14.9. The molecule has 1 aliphatic carbocycles. The third-order valence-electron chi connectivity index (χ3n) is 6.65. The number of carbonyl (C=O) groups excluding carboxylic acids is 2. The molecule has 172 valence electrons. The standard InChI is InChI=1S/C24H34O6S/c1-6-29-20-12-16-14(2)22(24(26)28-5)23-21(17(16)13-30-20)15(3)18(31-23)10-8-7-9-11-19(25)27-4/h9,11,13-14,16,18,20,22-23H,6-8,10,12H2,1-5H3/b11-9+/t14-,16?,18-,20+,22-,23-/m0/s1. The maximum absolute atomic E-state index is 12.8. The Hall–Kier alpha value is -1.73. The van der Waals surface area contributed by atoms with Gasteiger partial charge in [0.15, 0.2) is 6.29 Å². The first-order valence-corrected chi connectivity index (χ1v) is 12.0. The molecule has 0 amide bonds. The van der Waals surface area contributed by atoms with Crippen molar-refractivity contribution in [2.75, 3.05) is 20.8 Å². The third kappa shape index (κ3) is 5.03. The van der Waals surface area contributed by atoms with Crippen molar-refractivity contribution in [3.8, 4) is 0 Å². The molecule has 0 spiro atoms. The number of allylic oxidation sites excluding steroid dienone is 2. The molecule has 0 N–H and O–H groups in total. The van der Waals surface area contributed by atoms with Gasteiger partial charge in [-0.25, -0.2) is 4.79 Å². The summed E-state index contributed by atoms with van der Waals surface area (Å²) < 4.78 is 21.5. The second kappa shape index (κ2) is 10.7. The van der Waals surface area contributed by atoms with Crippen molar-refractivity contribution in [2.45, 2.75) is 63.2 Å². The lowest BCUT2D eigenvalue weighted by Crippen LogP contribution is -2.45. The molecule has 7 heteroatoms. The summed E-state index contributed by atoms with van der Waals surface area (Å²) in [5, 5.41) is 0.433. The van der Waals surface area contributed by atoms with Gasteiger partial charge < -0.3 is 18.9 Å². The smallest absolute Gasteiger partial charge is 0.330 e. The van der Waals surface area contributed by atoms with Gasteiger partial charge in [0.25, 0.3) is 0 Å². The van der Waals surface area contributed by atoms with Crippen LogP contribution in [0.5, 0.6) is 0 Å². The predicted molar refractivity (Wildman–Crippen MR) is 120 cm³/mol. The Morgan fingerprint density at radius 2 is 2.06 bits per heavy atom. The molecule has 0 aromatic heterocycles. The van der Waals surface area contributed by atoms with E-state index >= 15 is 0 Å². The number of methoxy groups -OCH3 is 2. The molecule has 0 aromatic carbocycles. The molecule has 3 aliphatic rings. The monoisotopic (exact) mass is 450 g/mol. The molecule has 6 nitrogen and oxygen atoms in total. The molecule has 1 unspecified atom stereocenters. The fraction of sp³-hybridized carbons (Fsp3) is 0.667. The van der Waals surface area contributed by atoms with E-state index in [0.717, 1.165) is 25.7 Å². The Kier molecular flexibility index (Phi) is 8.28. The van der Waals surface area contributed by atoms with Gasteiger partial charge >= 0.3 is 11.9 Å². The highest BCUT2D eigenvalue weighted by molar-refractivity contribution is 8.01. The number of thioether (sulfide) groups is 1. The summed E-state index contributed by atoms with van der Waals surface area (Å²) in [7, 11) is 2.86. The number of esters is 2. The Labute approximate surface area is 189 Å². The average Bonchev–Trinajstić information content (AvgIpc) is 3.09. The van der Waals surface area contributed by atoms with Crippen molar-refractivity contribution in [3.63, 3.8) is 0 Å². The van der Waals surface area contributed by atoms with Crippen LogP contribution in [0.3, 0.4) is 0 Å². The molecular weight excluding hydrogens is 416 g/mol. The summed E-state index contributed by atoms with van der Waals surface area (Å²) in [6.45, 7) is 6.91. The van der Waals surface area contributed by atoms with Crippen molar-refractivity contribution >= 4 is 23.7 Å². The molecule has 0 aromatic rings. The van der Waals surface area contributed by atoms with E-state index in [-0.39, 0.29) is 41.2 Å². The summed E-state index contributed by atoms with van der Waals surface area (Å²) in [4.78, 5) is 24.0. The summed E-state index contributed by atoms with van der Waals surface area (Å²) in [5.41, 5.74) is 3.84. The average molecular weight is 451 g/mol. The lowest BCUT2D eigenvalue weighted by atomic mass is 9.65. The minimum absolute atomic E-state index is 0.0906. The van der Waals surface area contributed by atoms with Crippen LogP contribution in [0, 0.1) is 17.8 Å². The van der Waals surface area contributed by atoms with E-state index < -0.39 is 0 Å². The highest BCUT2D eigenvalue weighted by Crippen LogP contribution is 2.57. The fourth-order valence-corrected chi connectivity index (χ4v) is 7.01. The molecule has 6 atom stereocenters. The van der Waals surface area contributed by atoms with Gasteiger partial charge in [0.05, 0.1) is 26.4 Å². The lowest BCUT2D eigenvalue weighted by molar-refractivity contribution is -0.151. The van der Waals surface area contributed by atoms with Crippen LogP contribution in [-0.2, 0) is 28.5 Å². The number of ether oxygens (including phenoxy) is 4. The van der Waals surface area contributed by atoms with Gasteiger partial charge in [-0.15, -0.1) is 11.8 Å². The van der Waals surface area contributed by atoms with Crippen molar-refractivity contribution in [1.82, 2.24) is 0 Å². The van der Waals surface area contributed by atoms with Crippen LogP contribution in [0.1, 0.15) is 46.5 Å². The van der Waals surface area contributed by atoms with Crippen LogP contribution < -0.4 is 0 Å².